The van der Waals surface area contributed by atoms with Gasteiger partial charge in [0.25, 0.3) is 0 Å². The van der Waals surface area contributed by atoms with Crippen LogP contribution in [0.4, 0.5) is 0 Å². The summed E-state index contributed by atoms with van der Waals surface area (Å²) in [6, 6.07) is 0. The average molecular weight is 131 g/mol. The van der Waals surface area contributed by atoms with E-state index in [1.807, 2.05) is 0 Å². The second kappa shape index (κ2) is 1.41. The van der Waals surface area contributed by atoms with Crippen LogP contribution in [0.25, 0.3) is 0 Å². The van der Waals surface area contributed by atoms with Gasteiger partial charge in [0.05, 0.1) is 0 Å². The van der Waals surface area contributed by atoms with E-state index in [2.05, 4.69) is 0 Å². The molecule has 1 heteroatoms. The fraction of sp³-hybridized carbons (Fsp3) is 1.00. The van der Waals surface area contributed by atoms with Crippen LogP contribution >= 0.6 is 11.6 Å². The summed E-state index contributed by atoms with van der Waals surface area (Å²) in [6.45, 7) is 0. The van der Waals surface area contributed by atoms with E-state index in [-0.39, 0.29) is 0 Å². The Balaban J connectivity index is 2.09. The lowest BCUT2D eigenvalue weighted by Crippen LogP contribution is -2.28. The summed E-state index contributed by atoms with van der Waals surface area (Å²) >= 11 is 5.79. The Kier molecular flexibility index (Phi) is 0.901. The van der Waals surface area contributed by atoms with E-state index in [1.54, 1.807) is 0 Å². The van der Waals surface area contributed by atoms with Crippen LogP contribution in [0.15, 0.2) is 0 Å². The molecule has 0 nitrogen and oxygen atoms in total. The molecule has 0 radical (unpaired) electrons. The van der Waals surface area contributed by atoms with Crippen LogP contribution in [0.3, 0.4) is 0 Å². The maximum atomic E-state index is 5.79. The minimum absolute atomic E-state index is 0.645. The van der Waals surface area contributed by atoms with Gasteiger partial charge in [0, 0.05) is 5.88 Å². The van der Waals surface area contributed by atoms with Crippen LogP contribution in [-0.2, 0) is 0 Å². The fourth-order valence-corrected chi connectivity index (χ4v) is 2.61. The third-order valence-electron chi connectivity index (χ3n) is 2.81. The third kappa shape index (κ3) is 0.473. The van der Waals surface area contributed by atoms with E-state index in [0.717, 1.165) is 11.8 Å². The van der Waals surface area contributed by atoms with Crippen molar-refractivity contribution in [3.05, 3.63) is 0 Å². The van der Waals surface area contributed by atoms with Crippen LogP contribution < -0.4 is 0 Å². The number of fused-ring (bicyclic) bond motifs is 1. The van der Waals surface area contributed by atoms with Crippen LogP contribution in [-0.4, -0.2) is 5.88 Å². The number of rotatable bonds is 1. The molecule has 8 heavy (non-hydrogen) atoms. The van der Waals surface area contributed by atoms with Crippen molar-refractivity contribution in [3.8, 4) is 0 Å². The van der Waals surface area contributed by atoms with Crippen molar-refractivity contribution in [3.63, 3.8) is 0 Å². The molecule has 2 bridgehead atoms. The van der Waals surface area contributed by atoms with E-state index in [1.165, 1.54) is 25.7 Å². The van der Waals surface area contributed by atoms with Crippen molar-refractivity contribution in [2.24, 2.45) is 11.3 Å². The van der Waals surface area contributed by atoms with Crippen LogP contribution in [0, 0.1) is 11.3 Å². The van der Waals surface area contributed by atoms with Gasteiger partial charge in [0.2, 0.25) is 0 Å². The third-order valence-corrected chi connectivity index (χ3v) is 3.38. The highest BCUT2D eigenvalue weighted by atomic mass is 35.5. The van der Waals surface area contributed by atoms with E-state index in [0.29, 0.717) is 5.41 Å². The smallest absolute Gasteiger partial charge is 0.0280 e. The molecule has 0 aliphatic heterocycles. The summed E-state index contributed by atoms with van der Waals surface area (Å²) in [5.41, 5.74) is 0.645. The summed E-state index contributed by atoms with van der Waals surface area (Å²) in [5.74, 6) is 2.00. The molecule has 0 spiro atoms. The first-order valence-corrected chi connectivity index (χ1v) is 3.94. The largest absolute Gasteiger partial charge is 0.126 e. The first kappa shape index (κ1) is 5.10. The van der Waals surface area contributed by atoms with Gasteiger partial charge in [0.1, 0.15) is 0 Å². The molecule has 3 fully saturated rings. The molecule has 3 rings (SSSR count). The van der Waals surface area contributed by atoms with Gasteiger partial charge < -0.3 is 0 Å². The van der Waals surface area contributed by atoms with Crippen molar-refractivity contribution < 1.29 is 0 Å². The number of alkyl halides is 1. The summed E-state index contributed by atoms with van der Waals surface area (Å²) in [5, 5.41) is 0. The molecule has 0 aromatic rings. The molecule has 3 aliphatic rings. The molecule has 0 N–H and O–H groups in total. The van der Waals surface area contributed by atoms with Crippen molar-refractivity contribution >= 4 is 11.6 Å². The van der Waals surface area contributed by atoms with Crippen LogP contribution in [0.5, 0.6) is 0 Å². The molecule has 0 unspecified atom stereocenters. The zero-order chi connectivity index (χ0) is 5.61. The lowest BCUT2D eigenvalue weighted by molar-refractivity contribution is 0.175. The summed E-state index contributed by atoms with van der Waals surface area (Å²) in [6.07, 6.45) is 5.76. The number of halogens is 1. The van der Waals surface area contributed by atoms with E-state index in [9.17, 15) is 0 Å². The normalized spacial score (nSPS) is 51.4. The van der Waals surface area contributed by atoms with Crippen LogP contribution in [0.2, 0.25) is 0 Å². The molecule has 0 aromatic carbocycles. The predicted molar refractivity (Wildman–Crippen MR) is 35.1 cm³/mol. The van der Waals surface area contributed by atoms with Gasteiger partial charge >= 0.3 is 0 Å². The SMILES string of the molecule is ClCC12CCC(C1)C2. The Morgan fingerprint density at radius 2 is 2.25 bits per heavy atom. The van der Waals surface area contributed by atoms with Gasteiger partial charge in [0.15, 0.2) is 0 Å². The Morgan fingerprint density at radius 1 is 1.50 bits per heavy atom. The van der Waals surface area contributed by atoms with E-state index in [4.69, 9.17) is 11.6 Å². The summed E-state index contributed by atoms with van der Waals surface area (Å²) < 4.78 is 0. The maximum Gasteiger partial charge on any atom is 0.0280 e. The topological polar surface area (TPSA) is 0 Å². The average Bonchev–Trinajstić information content (AvgIpc) is 2.17. The van der Waals surface area contributed by atoms with Gasteiger partial charge in [-0.3, -0.25) is 0 Å². The van der Waals surface area contributed by atoms with Crippen molar-refractivity contribution in [2.45, 2.75) is 25.7 Å². The molecule has 3 saturated carbocycles. The zero-order valence-corrected chi connectivity index (χ0v) is 5.75. The lowest BCUT2D eigenvalue weighted by atomic mass is 9.71. The number of hydrogen-bond donors (Lipinski definition) is 0. The summed E-state index contributed by atoms with van der Waals surface area (Å²) in [4.78, 5) is 0. The van der Waals surface area contributed by atoms with Gasteiger partial charge in [-0.05, 0) is 37.0 Å². The van der Waals surface area contributed by atoms with Crippen molar-refractivity contribution in [1.82, 2.24) is 0 Å². The standard InChI is InChI=1S/C7H11Cl/c8-5-7-2-1-6(3-7)4-7/h6H,1-5H2. The first-order valence-electron chi connectivity index (χ1n) is 3.41. The minimum Gasteiger partial charge on any atom is -0.126 e. The molecular weight excluding hydrogens is 120 g/mol. The Bertz CT molecular complexity index is 97.4. The fourth-order valence-electron chi connectivity index (χ4n) is 2.26. The van der Waals surface area contributed by atoms with Gasteiger partial charge in [-0.25, -0.2) is 0 Å². The molecule has 0 atom stereocenters. The van der Waals surface area contributed by atoms with Crippen molar-refractivity contribution in [2.75, 3.05) is 5.88 Å². The number of hydrogen-bond acceptors (Lipinski definition) is 0. The Morgan fingerprint density at radius 3 is 2.50 bits per heavy atom. The van der Waals surface area contributed by atoms with Crippen molar-refractivity contribution in [1.29, 1.82) is 0 Å². The molecule has 0 amide bonds. The van der Waals surface area contributed by atoms with Gasteiger partial charge in [-0.15, -0.1) is 11.6 Å². The maximum absolute atomic E-state index is 5.79. The molecule has 46 valence electrons. The van der Waals surface area contributed by atoms with Crippen LogP contribution in [0.1, 0.15) is 25.7 Å². The molecule has 0 aromatic heterocycles. The minimum atomic E-state index is 0.645. The molecule has 3 aliphatic carbocycles. The molecule has 0 heterocycles. The Labute approximate surface area is 55.2 Å². The highest BCUT2D eigenvalue weighted by Gasteiger charge is 2.49. The second-order valence-electron chi connectivity index (χ2n) is 3.45. The predicted octanol–water partition coefficient (Wildman–Crippen LogP) is 2.42. The monoisotopic (exact) mass is 130 g/mol. The second-order valence-corrected chi connectivity index (χ2v) is 3.71. The van der Waals surface area contributed by atoms with E-state index >= 15 is 0 Å². The van der Waals surface area contributed by atoms with Gasteiger partial charge in [-0.2, -0.15) is 0 Å². The first-order chi connectivity index (χ1) is 3.85. The molecule has 0 saturated heterocycles. The quantitative estimate of drug-likeness (QED) is 0.479. The van der Waals surface area contributed by atoms with E-state index < -0.39 is 0 Å². The Hall–Kier alpha value is 0.290. The zero-order valence-electron chi connectivity index (χ0n) is 4.99. The van der Waals surface area contributed by atoms with Gasteiger partial charge in [-0.1, -0.05) is 0 Å². The molecular formula is C7H11Cl. The highest BCUT2D eigenvalue weighted by molar-refractivity contribution is 6.18. The lowest BCUT2D eigenvalue weighted by Gasteiger charge is -2.36. The highest BCUT2D eigenvalue weighted by Crippen LogP contribution is 2.59. The summed E-state index contributed by atoms with van der Waals surface area (Å²) in [7, 11) is 0.